The Morgan fingerprint density at radius 3 is 2.43 bits per heavy atom. The summed E-state index contributed by atoms with van der Waals surface area (Å²) in [4.78, 5) is 11.3. The normalized spacial score (nSPS) is 11.4. The van der Waals surface area contributed by atoms with E-state index in [-0.39, 0.29) is 11.4 Å². The van der Waals surface area contributed by atoms with Crippen LogP contribution in [0.5, 0.6) is 0 Å². The summed E-state index contributed by atoms with van der Waals surface area (Å²) >= 11 is 0. The van der Waals surface area contributed by atoms with Crippen LogP contribution < -0.4 is 10.6 Å². The molecule has 0 aliphatic carbocycles. The summed E-state index contributed by atoms with van der Waals surface area (Å²) in [5.74, 6) is 0.0778. The van der Waals surface area contributed by atoms with Gasteiger partial charge in [0.05, 0.1) is 6.54 Å². The first-order chi connectivity index (χ1) is 6.52. The minimum absolute atomic E-state index is 0.0664. The molecule has 0 saturated heterocycles. The minimum atomic E-state index is -0.0664. The van der Waals surface area contributed by atoms with Gasteiger partial charge in [0.25, 0.3) is 0 Å². The maximum atomic E-state index is 11.3. The van der Waals surface area contributed by atoms with Crippen molar-refractivity contribution in [3.05, 3.63) is 0 Å². The molecule has 84 valence electrons. The number of rotatable bonds is 7. The molecule has 1 amide bonds. The molecule has 0 aliphatic rings. The van der Waals surface area contributed by atoms with Crippen LogP contribution in [0.2, 0.25) is 0 Å². The van der Waals surface area contributed by atoms with E-state index in [2.05, 4.69) is 31.4 Å². The lowest BCUT2D eigenvalue weighted by molar-refractivity contribution is -0.121. The summed E-state index contributed by atoms with van der Waals surface area (Å²) in [6, 6.07) is 0. The lowest BCUT2D eigenvalue weighted by Gasteiger charge is -2.26. The quantitative estimate of drug-likeness (QED) is 0.614. The van der Waals surface area contributed by atoms with Gasteiger partial charge in [-0.1, -0.05) is 26.2 Å². The number of hydrogen-bond acceptors (Lipinski definition) is 2. The highest BCUT2D eigenvalue weighted by Crippen LogP contribution is 2.13. The highest BCUT2D eigenvalue weighted by Gasteiger charge is 2.18. The van der Waals surface area contributed by atoms with Gasteiger partial charge in [0.2, 0.25) is 5.91 Å². The number of amides is 1. The van der Waals surface area contributed by atoms with Gasteiger partial charge in [-0.25, -0.2) is 0 Å². The van der Waals surface area contributed by atoms with Crippen molar-refractivity contribution in [2.45, 2.75) is 52.0 Å². The van der Waals surface area contributed by atoms with Gasteiger partial charge in [-0.2, -0.15) is 0 Å². The van der Waals surface area contributed by atoms with E-state index >= 15 is 0 Å². The van der Waals surface area contributed by atoms with Gasteiger partial charge in [0, 0.05) is 5.54 Å². The molecule has 2 N–H and O–H groups in total. The number of carbonyl (C=O) groups is 1. The third kappa shape index (κ3) is 6.89. The minimum Gasteiger partial charge on any atom is -0.350 e. The van der Waals surface area contributed by atoms with Crippen LogP contribution in [0.25, 0.3) is 0 Å². The molecule has 0 rings (SSSR count). The van der Waals surface area contributed by atoms with E-state index < -0.39 is 0 Å². The molecular weight excluding hydrogens is 176 g/mol. The van der Waals surface area contributed by atoms with Crippen molar-refractivity contribution in [1.82, 2.24) is 10.6 Å². The van der Waals surface area contributed by atoms with Gasteiger partial charge in [-0.05, 0) is 27.3 Å². The molecule has 0 aliphatic heterocycles. The van der Waals surface area contributed by atoms with E-state index in [0.29, 0.717) is 6.54 Å². The Bertz CT molecular complexity index is 167. The van der Waals surface area contributed by atoms with Crippen molar-refractivity contribution in [3.8, 4) is 0 Å². The van der Waals surface area contributed by atoms with E-state index in [1.807, 2.05) is 0 Å². The second kappa shape index (κ2) is 6.82. The van der Waals surface area contributed by atoms with Gasteiger partial charge < -0.3 is 10.6 Å². The fraction of sp³-hybridized carbons (Fsp3) is 0.909. The monoisotopic (exact) mass is 200 g/mol. The van der Waals surface area contributed by atoms with E-state index in [1.54, 1.807) is 7.05 Å². The van der Waals surface area contributed by atoms with Crippen molar-refractivity contribution in [2.75, 3.05) is 13.6 Å². The largest absolute Gasteiger partial charge is 0.350 e. The Morgan fingerprint density at radius 2 is 1.93 bits per heavy atom. The van der Waals surface area contributed by atoms with E-state index in [1.165, 1.54) is 19.3 Å². The van der Waals surface area contributed by atoms with Gasteiger partial charge in [-0.15, -0.1) is 0 Å². The van der Waals surface area contributed by atoms with E-state index in [4.69, 9.17) is 0 Å². The molecule has 0 heterocycles. The molecule has 0 saturated carbocycles. The maximum Gasteiger partial charge on any atom is 0.234 e. The zero-order valence-corrected chi connectivity index (χ0v) is 9.94. The van der Waals surface area contributed by atoms with Gasteiger partial charge in [0.15, 0.2) is 0 Å². The average molecular weight is 200 g/mol. The Hall–Kier alpha value is -0.570. The fourth-order valence-corrected chi connectivity index (χ4v) is 1.46. The van der Waals surface area contributed by atoms with Crippen LogP contribution in [-0.2, 0) is 4.79 Å². The van der Waals surface area contributed by atoms with Crippen LogP contribution in [-0.4, -0.2) is 25.0 Å². The van der Waals surface area contributed by atoms with Crippen molar-refractivity contribution in [2.24, 2.45) is 0 Å². The number of hydrogen-bond donors (Lipinski definition) is 2. The lowest BCUT2D eigenvalue weighted by Crippen LogP contribution is -2.46. The van der Waals surface area contributed by atoms with Crippen LogP contribution in [0.15, 0.2) is 0 Å². The summed E-state index contributed by atoms with van der Waals surface area (Å²) in [6.07, 6.45) is 4.70. The van der Waals surface area contributed by atoms with Gasteiger partial charge in [-0.3, -0.25) is 4.79 Å². The number of nitrogens with one attached hydrogen (secondary N) is 2. The van der Waals surface area contributed by atoms with Crippen molar-refractivity contribution < 1.29 is 4.79 Å². The Labute approximate surface area is 87.6 Å². The molecule has 0 fully saturated rings. The highest BCUT2D eigenvalue weighted by atomic mass is 16.2. The Kier molecular flexibility index (Phi) is 6.54. The molecule has 14 heavy (non-hydrogen) atoms. The van der Waals surface area contributed by atoms with Crippen molar-refractivity contribution in [3.63, 3.8) is 0 Å². The van der Waals surface area contributed by atoms with Gasteiger partial charge >= 0.3 is 0 Å². The zero-order valence-electron chi connectivity index (χ0n) is 9.94. The molecule has 0 bridgehead atoms. The van der Waals surface area contributed by atoms with Crippen molar-refractivity contribution >= 4 is 5.91 Å². The third-order valence-electron chi connectivity index (χ3n) is 2.22. The molecule has 0 aromatic rings. The van der Waals surface area contributed by atoms with Crippen LogP contribution >= 0.6 is 0 Å². The highest BCUT2D eigenvalue weighted by molar-refractivity contribution is 5.78. The summed E-state index contributed by atoms with van der Waals surface area (Å²) in [7, 11) is 1.78. The zero-order chi connectivity index (χ0) is 11.0. The topological polar surface area (TPSA) is 41.1 Å². The summed E-state index contributed by atoms with van der Waals surface area (Å²) in [5.41, 5.74) is -0.0664. The molecule has 0 radical (unpaired) electrons. The molecule has 0 aromatic carbocycles. The van der Waals surface area contributed by atoms with E-state index in [9.17, 15) is 4.79 Å². The first-order valence-electron chi connectivity index (χ1n) is 5.47. The van der Waals surface area contributed by atoms with Crippen LogP contribution in [0.1, 0.15) is 46.5 Å². The standard InChI is InChI=1S/C11H24N2O/c1-5-6-7-8-11(2,3)13-10(14)9-12-4/h12H,5-9H2,1-4H3,(H,13,14). The average Bonchev–Trinajstić information content (AvgIpc) is 2.03. The number of likely N-dealkylation sites (N-methyl/N-ethyl adjacent to an activating group) is 1. The fourth-order valence-electron chi connectivity index (χ4n) is 1.46. The maximum absolute atomic E-state index is 11.3. The summed E-state index contributed by atoms with van der Waals surface area (Å²) in [5, 5.41) is 5.86. The van der Waals surface area contributed by atoms with E-state index in [0.717, 1.165) is 6.42 Å². The second-order valence-electron chi connectivity index (χ2n) is 4.42. The predicted octanol–water partition coefficient (Wildman–Crippen LogP) is 1.68. The SMILES string of the molecule is CCCCCC(C)(C)NC(=O)CNC. The smallest absolute Gasteiger partial charge is 0.234 e. The molecule has 0 atom stereocenters. The molecular formula is C11H24N2O. The summed E-state index contributed by atoms with van der Waals surface area (Å²) < 4.78 is 0. The lowest BCUT2D eigenvalue weighted by atomic mass is 9.96. The molecule has 0 spiro atoms. The first-order valence-corrected chi connectivity index (χ1v) is 5.47. The predicted molar refractivity (Wildman–Crippen MR) is 60.3 cm³/mol. The number of carbonyl (C=O) groups excluding carboxylic acids is 1. The summed E-state index contributed by atoms with van der Waals surface area (Å²) in [6.45, 7) is 6.75. The number of unbranched alkanes of at least 4 members (excludes halogenated alkanes) is 2. The van der Waals surface area contributed by atoms with Crippen LogP contribution in [0.3, 0.4) is 0 Å². The first kappa shape index (κ1) is 13.4. The molecule has 3 heteroatoms. The van der Waals surface area contributed by atoms with Crippen molar-refractivity contribution in [1.29, 1.82) is 0 Å². The molecule has 3 nitrogen and oxygen atoms in total. The third-order valence-corrected chi connectivity index (χ3v) is 2.22. The van der Waals surface area contributed by atoms with Gasteiger partial charge in [0.1, 0.15) is 0 Å². The van der Waals surface area contributed by atoms with Crippen LogP contribution in [0.4, 0.5) is 0 Å². The molecule has 0 aromatic heterocycles. The Morgan fingerprint density at radius 1 is 1.29 bits per heavy atom. The molecule has 0 unspecified atom stereocenters. The Balaban J connectivity index is 3.75. The second-order valence-corrected chi connectivity index (χ2v) is 4.42. The van der Waals surface area contributed by atoms with Crippen LogP contribution in [0, 0.1) is 0 Å².